The van der Waals surface area contributed by atoms with Crippen molar-refractivity contribution in [3.63, 3.8) is 0 Å². The van der Waals surface area contributed by atoms with Gasteiger partial charge in [-0.15, -0.1) is 34.0 Å². The zero-order valence-corrected chi connectivity index (χ0v) is 25.5. The second kappa shape index (κ2) is 11.6. The Kier molecular flexibility index (Phi) is 7.61. The molecular weight excluding hydrogens is 595 g/mol. The number of fused-ring (bicyclic) bond motifs is 3. The van der Waals surface area contributed by atoms with Gasteiger partial charge in [0.1, 0.15) is 0 Å². The summed E-state index contributed by atoms with van der Waals surface area (Å²) in [6.45, 7) is 0. The van der Waals surface area contributed by atoms with Gasteiger partial charge in [0.05, 0.1) is 30.6 Å². The molecular formula is C30H21N3S6. The van der Waals surface area contributed by atoms with Crippen LogP contribution in [0.5, 0.6) is 0 Å². The third kappa shape index (κ3) is 6.04. The second-order valence-electron chi connectivity index (χ2n) is 8.87. The SMILES string of the molecule is c1ccc2sc(SCc3cc(CSc4nc5ccccc5s4)cc(CSc4nc5ccccc5s4)c3)nc2c1. The molecule has 0 amide bonds. The van der Waals surface area contributed by atoms with Gasteiger partial charge >= 0.3 is 0 Å². The molecule has 0 aliphatic heterocycles. The van der Waals surface area contributed by atoms with Crippen LogP contribution in [0.1, 0.15) is 16.7 Å². The van der Waals surface area contributed by atoms with E-state index in [9.17, 15) is 0 Å². The standard InChI is InChI=1S/C30H21N3S6/c1-4-10-25-22(7-1)31-28(37-25)34-16-19-13-20(17-35-29-32-23-8-2-5-11-26(23)38-29)15-21(14-19)18-36-30-33-24-9-3-6-12-27(24)39-30/h1-15H,16-18H2. The Morgan fingerprint density at radius 2 is 0.744 bits per heavy atom. The van der Waals surface area contributed by atoms with Crippen LogP contribution in [0.2, 0.25) is 0 Å². The van der Waals surface area contributed by atoms with Crippen molar-refractivity contribution >= 4 is 99.9 Å². The smallest absolute Gasteiger partial charge is 0.151 e. The molecule has 192 valence electrons. The lowest BCUT2D eigenvalue weighted by Gasteiger charge is -2.09. The van der Waals surface area contributed by atoms with E-state index in [1.807, 2.05) is 35.3 Å². The molecule has 0 N–H and O–H groups in total. The van der Waals surface area contributed by atoms with E-state index in [2.05, 4.69) is 91.0 Å². The molecule has 0 aliphatic rings. The first kappa shape index (κ1) is 25.6. The minimum absolute atomic E-state index is 0.901. The molecule has 0 aliphatic carbocycles. The van der Waals surface area contributed by atoms with Crippen LogP contribution in [-0.4, -0.2) is 15.0 Å². The Morgan fingerprint density at radius 3 is 1.05 bits per heavy atom. The van der Waals surface area contributed by atoms with Gasteiger partial charge in [-0.25, -0.2) is 15.0 Å². The number of rotatable bonds is 9. The highest BCUT2D eigenvalue weighted by molar-refractivity contribution is 8.01. The van der Waals surface area contributed by atoms with Gasteiger partial charge in [0.2, 0.25) is 0 Å². The van der Waals surface area contributed by atoms with Crippen LogP contribution in [0.4, 0.5) is 0 Å². The van der Waals surface area contributed by atoms with Crippen LogP contribution in [0, 0.1) is 0 Å². The molecule has 0 saturated carbocycles. The highest BCUT2D eigenvalue weighted by Crippen LogP contribution is 2.36. The van der Waals surface area contributed by atoms with E-state index in [4.69, 9.17) is 15.0 Å². The van der Waals surface area contributed by atoms with Gasteiger partial charge < -0.3 is 0 Å². The molecule has 7 rings (SSSR count). The number of nitrogens with zero attached hydrogens (tertiary/aromatic N) is 3. The van der Waals surface area contributed by atoms with Crippen molar-refractivity contribution in [2.45, 2.75) is 30.3 Å². The molecule has 0 saturated heterocycles. The quantitative estimate of drug-likeness (QED) is 0.150. The fraction of sp³-hybridized carbons (Fsp3) is 0.100. The highest BCUT2D eigenvalue weighted by Gasteiger charge is 2.10. The predicted molar refractivity (Wildman–Crippen MR) is 174 cm³/mol. The van der Waals surface area contributed by atoms with E-state index in [1.165, 1.54) is 30.8 Å². The van der Waals surface area contributed by atoms with Crippen LogP contribution < -0.4 is 0 Å². The van der Waals surface area contributed by atoms with Crippen molar-refractivity contribution in [1.82, 2.24) is 15.0 Å². The summed E-state index contributed by atoms with van der Waals surface area (Å²) in [6.07, 6.45) is 0. The predicted octanol–water partition coefficient (Wildman–Crippen LogP) is 10.4. The minimum atomic E-state index is 0.901. The summed E-state index contributed by atoms with van der Waals surface area (Å²) in [5.74, 6) is 2.70. The summed E-state index contributed by atoms with van der Waals surface area (Å²) in [5.41, 5.74) is 7.25. The Bertz CT molecular complexity index is 1570. The van der Waals surface area contributed by atoms with Crippen LogP contribution in [0.15, 0.2) is 104 Å². The van der Waals surface area contributed by atoms with Gasteiger partial charge in [-0.1, -0.05) is 89.9 Å². The summed E-state index contributed by atoms with van der Waals surface area (Å²) >= 11 is 10.8. The fourth-order valence-electron chi connectivity index (χ4n) is 4.26. The van der Waals surface area contributed by atoms with E-state index >= 15 is 0 Å². The number of benzene rings is 4. The van der Waals surface area contributed by atoms with E-state index in [0.717, 1.165) is 46.8 Å². The maximum absolute atomic E-state index is 4.83. The van der Waals surface area contributed by atoms with Gasteiger partial charge in [-0.05, 0) is 53.1 Å². The molecule has 0 spiro atoms. The van der Waals surface area contributed by atoms with Crippen LogP contribution in [-0.2, 0) is 17.3 Å². The van der Waals surface area contributed by atoms with Gasteiger partial charge in [-0.2, -0.15) is 0 Å². The first-order chi connectivity index (χ1) is 19.2. The monoisotopic (exact) mass is 615 g/mol. The molecule has 3 aromatic heterocycles. The molecule has 0 atom stereocenters. The summed E-state index contributed by atoms with van der Waals surface area (Å²) in [7, 11) is 0. The molecule has 3 heterocycles. The zero-order chi connectivity index (χ0) is 26.0. The summed E-state index contributed by atoms with van der Waals surface area (Å²) in [4.78, 5) is 14.5. The second-order valence-corrected chi connectivity index (χ2v) is 15.6. The summed E-state index contributed by atoms with van der Waals surface area (Å²) in [6, 6.07) is 32.2. The van der Waals surface area contributed by atoms with E-state index in [0.29, 0.717) is 0 Å². The molecule has 0 fully saturated rings. The van der Waals surface area contributed by atoms with Crippen molar-refractivity contribution in [2.75, 3.05) is 0 Å². The molecule has 0 unspecified atom stereocenters. The zero-order valence-electron chi connectivity index (χ0n) is 20.6. The van der Waals surface area contributed by atoms with Crippen molar-refractivity contribution in [1.29, 1.82) is 0 Å². The van der Waals surface area contributed by atoms with E-state index < -0.39 is 0 Å². The number of hydrogen-bond acceptors (Lipinski definition) is 9. The lowest BCUT2D eigenvalue weighted by atomic mass is 10.1. The van der Waals surface area contributed by atoms with Crippen molar-refractivity contribution < 1.29 is 0 Å². The topological polar surface area (TPSA) is 38.7 Å². The van der Waals surface area contributed by atoms with Crippen molar-refractivity contribution in [3.8, 4) is 0 Å². The number of aromatic nitrogens is 3. The lowest BCUT2D eigenvalue weighted by Crippen LogP contribution is -1.91. The Balaban J connectivity index is 1.11. The maximum Gasteiger partial charge on any atom is 0.151 e. The Labute approximate surface area is 251 Å². The Hall–Kier alpha value is -2.40. The maximum atomic E-state index is 4.83. The number of hydrogen-bond donors (Lipinski definition) is 0. The summed E-state index contributed by atoms with van der Waals surface area (Å²) < 4.78 is 7.10. The molecule has 7 aromatic rings. The molecule has 3 nitrogen and oxygen atoms in total. The molecule has 39 heavy (non-hydrogen) atoms. The largest absolute Gasteiger partial charge is 0.230 e. The molecule has 0 radical (unpaired) electrons. The average molecular weight is 616 g/mol. The Morgan fingerprint density at radius 1 is 0.436 bits per heavy atom. The highest BCUT2D eigenvalue weighted by atomic mass is 32.2. The number of para-hydroxylation sites is 3. The minimum Gasteiger partial charge on any atom is -0.230 e. The third-order valence-corrected chi connectivity index (χ3v) is 12.8. The van der Waals surface area contributed by atoms with Crippen molar-refractivity contribution in [2.24, 2.45) is 0 Å². The van der Waals surface area contributed by atoms with Crippen LogP contribution in [0.25, 0.3) is 30.6 Å². The number of thiazole rings is 3. The molecule has 0 bridgehead atoms. The average Bonchev–Trinajstić information content (AvgIpc) is 3.69. The normalized spacial score (nSPS) is 11.7. The first-order valence-corrected chi connectivity index (χ1v) is 17.7. The van der Waals surface area contributed by atoms with Gasteiger partial charge in [-0.3, -0.25) is 0 Å². The van der Waals surface area contributed by atoms with Crippen LogP contribution >= 0.6 is 69.3 Å². The van der Waals surface area contributed by atoms with Gasteiger partial charge in [0.25, 0.3) is 0 Å². The van der Waals surface area contributed by atoms with Gasteiger partial charge in [0.15, 0.2) is 13.0 Å². The van der Waals surface area contributed by atoms with Crippen LogP contribution in [0.3, 0.4) is 0 Å². The fourth-order valence-corrected chi connectivity index (χ4v) is 10.3. The van der Waals surface area contributed by atoms with E-state index in [-0.39, 0.29) is 0 Å². The van der Waals surface area contributed by atoms with E-state index in [1.54, 1.807) is 34.0 Å². The van der Waals surface area contributed by atoms with Gasteiger partial charge in [0, 0.05) is 17.3 Å². The van der Waals surface area contributed by atoms with Crippen molar-refractivity contribution in [3.05, 3.63) is 108 Å². The third-order valence-electron chi connectivity index (χ3n) is 6.02. The molecule has 4 aromatic carbocycles. The molecule has 9 heteroatoms. The lowest BCUT2D eigenvalue weighted by molar-refractivity contribution is 1.24. The number of thioether (sulfide) groups is 3. The first-order valence-electron chi connectivity index (χ1n) is 12.3. The summed E-state index contributed by atoms with van der Waals surface area (Å²) in [5, 5.41) is 0.